The van der Waals surface area contributed by atoms with Gasteiger partial charge in [-0.2, -0.15) is 0 Å². The summed E-state index contributed by atoms with van der Waals surface area (Å²) in [6.45, 7) is 2.24. The van der Waals surface area contributed by atoms with Gasteiger partial charge < -0.3 is 25.6 Å². The number of nitrogens with one attached hydrogen (secondary N) is 1. The highest BCUT2D eigenvalue weighted by Gasteiger charge is 2.58. The standard InChI is InChI=1S/C22H21ClN4O8/c1-11(28)34-16-7-13(8-17(10-16)35-12(2)29)22(25-20(31)32)18(24)27(21(33)26(3)19(22)30)15-6-4-5-14(23)9-15/h4-10,18,25H,24H2,1-3H3,(H,31,32). The maximum Gasteiger partial charge on any atom is 0.405 e. The summed E-state index contributed by atoms with van der Waals surface area (Å²) >= 11 is 6.07. The molecule has 1 fully saturated rings. The molecule has 0 aliphatic carbocycles. The average Bonchev–Trinajstić information content (AvgIpc) is 2.74. The van der Waals surface area contributed by atoms with Crippen LogP contribution in [0, 0.1) is 0 Å². The summed E-state index contributed by atoms with van der Waals surface area (Å²) in [5.74, 6) is -2.81. The van der Waals surface area contributed by atoms with Crippen LogP contribution in [0.3, 0.4) is 0 Å². The fraction of sp³-hybridized carbons (Fsp3) is 0.227. The molecule has 2 aromatic rings. The summed E-state index contributed by atoms with van der Waals surface area (Å²) in [4.78, 5) is 63.4. The largest absolute Gasteiger partial charge is 0.465 e. The van der Waals surface area contributed by atoms with Crippen molar-refractivity contribution in [2.24, 2.45) is 5.73 Å². The van der Waals surface area contributed by atoms with Crippen LogP contribution in [0.2, 0.25) is 5.02 Å². The van der Waals surface area contributed by atoms with Gasteiger partial charge in [-0.3, -0.25) is 24.2 Å². The Kier molecular flexibility index (Phi) is 6.99. The van der Waals surface area contributed by atoms with Gasteiger partial charge in [-0.25, -0.2) is 9.59 Å². The Hall–Kier alpha value is -4.16. The lowest BCUT2D eigenvalue weighted by atomic mass is 9.82. The van der Waals surface area contributed by atoms with Gasteiger partial charge in [-0.15, -0.1) is 0 Å². The predicted molar refractivity (Wildman–Crippen MR) is 122 cm³/mol. The Morgan fingerprint density at radius 3 is 2.11 bits per heavy atom. The summed E-state index contributed by atoms with van der Waals surface area (Å²) < 4.78 is 10.2. The van der Waals surface area contributed by atoms with Crippen molar-refractivity contribution in [3.63, 3.8) is 0 Å². The van der Waals surface area contributed by atoms with Gasteiger partial charge in [0.25, 0.3) is 5.91 Å². The Morgan fingerprint density at radius 1 is 1.06 bits per heavy atom. The Bertz CT molecular complexity index is 1200. The molecule has 1 saturated heterocycles. The molecule has 0 aromatic heterocycles. The molecule has 1 aliphatic heterocycles. The number of carbonyl (C=O) groups is 5. The number of amides is 4. The molecule has 35 heavy (non-hydrogen) atoms. The number of ether oxygens (including phenoxy) is 2. The monoisotopic (exact) mass is 504 g/mol. The molecule has 2 unspecified atom stereocenters. The minimum absolute atomic E-state index is 0.154. The number of carbonyl (C=O) groups excluding carboxylic acids is 4. The molecule has 0 saturated carbocycles. The maximum atomic E-state index is 13.5. The highest BCUT2D eigenvalue weighted by Crippen LogP contribution is 2.39. The molecular formula is C22H21ClN4O8. The van der Waals surface area contributed by atoms with Crippen LogP contribution in [0.1, 0.15) is 19.4 Å². The minimum atomic E-state index is -2.32. The number of likely N-dealkylation sites (N-methyl/N-ethyl adjacent to an activating group) is 1. The van der Waals surface area contributed by atoms with Crippen molar-refractivity contribution < 1.29 is 38.6 Å². The van der Waals surface area contributed by atoms with Crippen molar-refractivity contribution in [3.05, 3.63) is 53.1 Å². The number of urea groups is 1. The highest BCUT2D eigenvalue weighted by atomic mass is 35.5. The van der Waals surface area contributed by atoms with Crippen molar-refractivity contribution in [2.75, 3.05) is 11.9 Å². The van der Waals surface area contributed by atoms with E-state index >= 15 is 0 Å². The van der Waals surface area contributed by atoms with E-state index in [1.54, 1.807) is 12.1 Å². The third-order valence-corrected chi connectivity index (χ3v) is 5.34. The SMILES string of the molecule is CC(=O)Oc1cc(OC(C)=O)cc(C2(NC(=O)O)C(=O)N(C)C(=O)N(c3cccc(Cl)c3)C2N)c1. The molecule has 12 nitrogen and oxygen atoms in total. The van der Waals surface area contributed by atoms with Crippen LogP contribution in [0.15, 0.2) is 42.5 Å². The number of benzene rings is 2. The van der Waals surface area contributed by atoms with Crippen molar-refractivity contribution >= 4 is 47.3 Å². The first-order valence-electron chi connectivity index (χ1n) is 10.0. The lowest BCUT2D eigenvalue weighted by Gasteiger charge is -2.49. The number of halogens is 1. The number of imide groups is 1. The van der Waals surface area contributed by atoms with Crippen LogP contribution >= 0.6 is 11.6 Å². The number of hydrogen-bond acceptors (Lipinski definition) is 8. The van der Waals surface area contributed by atoms with Crippen molar-refractivity contribution in [1.82, 2.24) is 10.2 Å². The zero-order valence-electron chi connectivity index (χ0n) is 18.8. The topological polar surface area (TPSA) is 169 Å². The van der Waals surface area contributed by atoms with Crippen molar-refractivity contribution in [3.8, 4) is 11.5 Å². The van der Waals surface area contributed by atoms with Crippen LogP contribution < -0.4 is 25.4 Å². The first-order chi connectivity index (χ1) is 16.4. The number of rotatable bonds is 5. The number of carboxylic acid groups (broad SMARTS) is 1. The van der Waals surface area contributed by atoms with Gasteiger partial charge in [0, 0.05) is 37.7 Å². The number of hydrogen-bond donors (Lipinski definition) is 3. The smallest absolute Gasteiger partial charge is 0.405 e. The fourth-order valence-corrected chi connectivity index (χ4v) is 3.95. The quantitative estimate of drug-likeness (QED) is 0.407. The number of esters is 2. The average molecular weight is 505 g/mol. The Balaban J connectivity index is 2.31. The lowest BCUT2D eigenvalue weighted by molar-refractivity contribution is -0.137. The van der Waals surface area contributed by atoms with E-state index in [0.29, 0.717) is 4.90 Å². The zero-order chi connectivity index (χ0) is 26.1. The van der Waals surface area contributed by atoms with Gasteiger partial charge in [0.05, 0.1) is 0 Å². The maximum absolute atomic E-state index is 13.5. The van der Waals surface area contributed by atoms with E-state index in [0.717, 1.165) is 25.8 Å². The van der Waals surface area contributed by atoms with Gasteiger partial charge in [0.1, 0.15) is 17.7 Å². The van der Waals surface area contributed by atoms with E-state index in [2.05, 4.69) is 5.32 Å². The molecular weight excluding hydrogens is 484 g/mol. The molecule has 1 heterocycles. The number of nitrogens with zero attached hydrogens (tertiary/aromatic N) is 2. The third-order valence-electron chi connectivity index (χ3n) is 5.11. The number of nitrogens with two attached hydrogens (primary N) is 1. The van der Waals surface area contributed by atoms with Crippen LogP contribution in [0.5, 0.6) is 11.5 Å². The highest BCUT2D eigenvalue weighted by molar-refractivity contribution is 6.31. The van der Waals surface area contributed by atoms with Gasteiger partial charge in [-0.1, -0.05) is 17.7 Å². The first-order valence-corrected chi connectivity index (χ1v) is 10.4. The molecule has 0 bridgehead atoms. The molecule has 1 aliphatic rings. The predicted octanol–water partition coefficient (Wildman–Crippen LogP) is 2.04. The summed E-state index contributed by atoms with van der Waals surface area (Å²) in [6, 6.07) is 8.72. The number of anilines is 1. The summed E-state index contributed by atoms with van der Waals surface area (Å²) in [5.41, 5.74) is 4.15. The van der Waals surface area contributed by atoms with Gasteiger partial charge in [-0.05, 0) is 35.9 Å². The van der Waals surface area contributed by atoms with E-state index in [9.17, 15) is 29.1 Å². The molecule has 3 rings (SSSR count). The molecule has 13 heteroatoms. The van der Waals surface area contributed by atoms with Gasteiger partial charge in [0.15, 0.2) is 5.54 Å². The molecule has 0 radical (unpaired) electrons. The summed E-state index contributed by atoms with van der Waals surface area (Å²) in [5, 5.41) is 12.1. The van der Waals surface area contributed by atoms with Crippen molar-refractivity contribution in [2.45, 2.75) is 25.6 Å². The molecule has 184 valence electrons. The van der Waals surface area contributed by atoms with E-state index in [1.807, 2.05) is 0 Å². The normalized spacial score (nSPS) is 19.9. The molecule has 0 spiro atoms. The fourth-order valence-electron chi connectivity index (χ4n) is 3.76. The minimum Gasteiger partial charge on any atom is -0.465 e. The van der Waals surface area contributed by atoms with E-state index < -0.39 is 41.7 Å². The zero-order valence-corrected chi connectivity index (χ0v) is 19.5. The van der Waals surface area contributed by atoms with E-state index in [-0.39, 0.29) is 27.8 Å². The molecule has 2 aromatic carbocycles. The molecule has 4 amide bonds. The van der Waals surface area contributed by atoms with Crippen LogP contribution in [0.25, 0.3) is 0 Å². The van der Waals surface area contributed by atoms with E-state index in [1.165, 1.54) is 30.3 Å². The Morgan fingerprint density at radius 2 is 1.63 bits per heavy atom. The Labute approximate surface area is 204 Å². The molecule has 4 N–H and O–H groups in total. The van der Waals surface area contributed by atoms with Crippen molar-refractivity contribution in [1.29, 1.82) is 0 Å². The van der Waals surface area contributed by atoms with Gasteiger partial charge >= 0.3 is 24.1 Å². The van der Waals surface area contributed by atoms with Crippen LogP contribution in [-0.2, 0) is 19.9 Å². The second kappa shape index (κ2) is 9.60. The molecule has 2 atom stereocenters. The van der Waals surface area contributed by atoms with Gasteiger partial charge in [0.2, 0.25) is 0 Å². The first kappa shape index (κ1) is 25.5. The van der Waals surface area contributed by atoms with Crippen LogP contribution in [-0.4, -0.2) is 53.2 Å². The summed E-state index contributed by atoms with van der Waals surface area (Å²) in [6.07, 6.45) is -3.29. The third kappa shape index (κ3) is 4.88. The lowest BCUT2D eigenvalue weighted by Crippen LogP contribution is -2.76. The second-order valence-corrected chi connectivity index (χ2v) is 8.00. The summed E-state index contributed by atoms with van der Waals surface area (Å²) in [7, 11) is 1.15. The second-order valence-electron chi connectivity index (χ2n) is 7.56. The van der Waals surface area contributed by atoms with E-state index in [4.69, 9.17) is 26.8 Å². The van der Waals surface area contributed by atoms with Crippen LogP contribution in [0.4, 0.5) is 15.3 Å².